The number of nitro benzene ring substituents is 1. The fourth-order valence-corrected chi connectivity index (χ4v) is 2.24. The smallest absolute Gasteiger partial charge is 0.271 e. The fraction of sp³-hybridized carbons (Fsp3) is 0.188. The molecule has 2 rings (SSSR count). The average molecular weight is 385 g/mol. The van der Waals surface area contributed by atoms with E-state index in [2.05, 4.69) is 5.32 Å². The number of rotatable bonds is 6. The van der Waals surface area contributed by atoms with E-state index in [0.29, 0.717) is 21.5 Å². The van der Waals surface area contributed by atoms with Gasteiger partial charge in [-0.25, -0.2) is 0 Å². The normalized spacial score (nSPS) is 11.5. The Morgan fingerprint density at radius 2 is 1.92 bits per heavy atom. The molecule has 0 radical (unpaired) electrons. The molecule has 0 unspecified atom stereocenters. The predicted octanol–water partition coefficient (Wildman–Crippen LogP) is 4.32. The van der Waals surface area contributed by atoms with Crippen molar-refractivity contribution in [2.45, 2.75) is 13.0 Å². The third kappa shape index (κ3) is 4.74. The number of anilines is 1. The van der Waals surface area contributed by atoms with E-state index < -0.39 is 16.9 Å². The molecule has 0 aliphatic carbocycles. The van der Waals surface area contributed by atoms with Gasteiger partial charge in [0.15, 0.2) is 6.10 Å². The number of benzene rings is 2. The number of halogens is 2. The second-order valence-corrected chi connectivity index (χ2v) is 5.78. The molecule has 2 aromatic rings. The number of methoxy groups -OCH3 is 1. The fourth-order valence-electron chi connectivity index (χ4n) is 1.95. The van der Waals surface area contributed by atoms with Crippen LogP contribution in [-0.2, 0) is 4.79 Å². The van der Waals surface area contributed by atoms with Crippen molar-refractivity contribution < 1.29 is 19.2 Å². The lowest BCUT2D eigenvalue weighted by atomic mass is 10.2. The molecule has 0 bridgehead atoms. The second-order valence-electron chi connectivity index (χ2n) is 4.97. The summed E-state index contributed by atoms with van der Waals surface area (Å²) >= 11 is 11.7. The molecule has 132 valence electrons. The number of nitro groups is 1. The molecule has 0 saturated carbocycles. The highest BCUT2D eigenvalue weighted by atomic mass is 35.5. The van der Waals surface area contributed by atoms with Gasteiger partial charge in [0.05, 0.1) is 27.8 Å². The van der Waals surface area contributed by atoms with E-state index in [1.165, 1.54) is 38.3 Å². The van der Waals surface area contributed by atoms with Gasteiger partial charge in [0.2, 0.25) is 0 Å². The van der Waals surface area contributed by atoms with Gasteiger partial charge in [-0.05, 0) is 25.1 Å². The Bertz CT molecular complexity index is 813. The molecule has 1 N–H and O–H groups in total. The Kier molecular flexibility index (Phi) is 6.06. The molecule has 0 spiro atoms. The van der Waals surface area contributed by atoms with Crippen LogP contribution in [0.25, 0.3) is 0 Å². The summed E-state index contributed by atoms with van der Waals surface area (Å²) < 4.78 is 10.6. The number of nitrogens with zero attached hydrogens (tertiary/aromatic N) is 1. The molecule has 9 heteroatoms. The SMILES string of the molecule is COc1ccc([N+](=O)[O-])cc1NC(=O)[C@H](C)Oc1ccc(Cl)c(Cl)c1. The number of amides is 1. The molecule has 2 aromatic carbocycles. The van der Waals surface area contributed by atoms with Gasteiger partial charge < -0.3 is 14.8 Å². The standard InChI is InChI=1S/C16H14Cl2N2O5/c1-9(25-11-4-5-12(17)13(18)8-11)16(21)19-14-7-10(20(22)23)3-6-15(14)24-2/h3-9H,1-2H3,(H,19,21)/t9-/m0/s1. The first kappa shape index (κ1) is 18.8. The Balaban J connectivity index is 2.13. The highest BCUT2D eigenvalue weighted by molar-refractivity contribution is 6.42. The van der Waals surface area contributed by atoms with E-state index in [1.54, 1.807) is 12.1 Å². The Labute approximate surface area is 153 Å². The quantitative estimate of drug-likeness (QED) is 0.591. The minimum Gasteiger partial charge on any atom is -0.495 e. The van der Waals surface area contributed by atoms with Crippen LogP contribution >= 0.6 is 23.2 Å². The lowest BCUT2D eigenvalue weighted by Gasteiger charge is -2.16. The van der Waals surface area contributed by atoms with Crippen molar-refractivity contribution >= 4 is 40.5 Å². The summed E-state index contributed by atoms with van der Waals surface area (Å²) in [4.78, 5) is 22.6. The molecule has 1 amide bonds. The van der Waals surface area contributed by atoms with Crippen LogP contribution in [0.2, 0.25) is 10.0 Å². The van der Waals surface area contributed by atoms with E-state index in [9.17, 15) is 14.9 Å². The Morgan fingerprint density at radius 3 is 2.52 bits per heavy atom. The third-order valence-corrected chi connectivity index (χ3v) is 3.96. The molecule has 0 aliphatic heterocycles. The zero-order chi connectivity index (χ0) is 18.6. The number of nitrogens with one attached hydrogen (secondary N) is 1. The number of non-ortho nitro benzene ring substituents is 1. The molecule has 25 heavy (non-hydrogen) atoms. The maximum Gasteiger partial charge on any atom is 0.271 e. The van der Waals surface area contributed by atoms with Crippen LogP contribution in [0.15, 0.2) is 36.4 Å². The van der Waals surface area contributed by atoms with Crippen molar-refractivity contribution in [1.29, 1.82) is 0 Å². The van der Waals surface area contributed by atoms with E-state index >= 15 is 0 Å². The summed E-state index contributed by atoms with van der Waals surface area (Å²) in [7, 11) is 1.40. The molecular weight excluding hydrogens is 371 g/mol. The molecule has 0 fully saturated rings. The first-order valence-corrected chi connectivity index (χ1v) is 7.82. The minimum absolute atomic E-state index is 0.172. The minimum atomic E-state index is -0.888. The van der Waals surface area contributed by atoms with Gasteiger partial charge in [0, 0.05) is 18.2 Å². The van der Waals surface area contributed by atoms with Crippen LogP contribution in [0.3, 0.4) is 0 Å². The highest BCUT2D eigenvalue weighted by Crippen LogP contribution is 2.30. The molecule has 0 saturated heterocycles. The van der Waals surface area contributed by atoms with Crippen LogP contribution in [0.5, 0.6) is 11.5 Å². The van der Waals surface area contributed by atoms with E-state index in [0.717, 1.165) is 0 Å². The monoisotopic (exact) mass is 384 g/mol. The zero-order valence-electron chi connectivity index (χ0n) is 13.3. The Morgan fingerprint density at radius 1 is 1.20 bits per heavy atom. The summed E-state index contributed by atoms with van der Waals surface area (Å²) in [5.74, 6) is 0.147. The number of carbonyl (C=O) groups excluding carboxylic acids is 1. The summed E-state index contributed by atoms with van der Waals surface area (Å²) in [5, 5.41) is 14.1. The van der Waals surface area contributed by atoms with Crippen LogP contribution in [-0.4, -0.2) is 24.0 Å². The van der Waals surface area contributed by atoms with Crippen LogP contribution in [0.1, 0.15) is 6.92 Å². The molecule has 0 aliphatic rings. The summed E-state index contributed by atoms with van der Waals surface area (Å²) in [5.41, 5.74) is 0.000410. The highest BCUT2D eigenvalue weighted by Gasteiger charge is 2.19. The third-order valence-electron chi connectivity index (χ3n) is 3.22. The van der Waals surface area contributed by atoms with Crippen LogP contribution < -0.4 is 14.8 Å². The number of ether oxygens (including phenoxy) is 2. The maximum absolute atomic E-state index is 12.3. The average Bonchev–Trinajstić information content (AvgIpc) is 2.57. The number of hydrogen-bond donors (Lipinski definition) is 1. The van der Waals surface area contributed by atoms with Gasteiger partial charge in [-0.15, -0.1) is 0 Å². The lowest BCUT2D eigenvalue weighted by molar-refractivity contribution is -0.384. The molecular formula is C16H14Cl2N2O5. The van der Waals surface area contributed by atoms with Crippen molar-refractivity contribution in [3.8, 4) is 11.5 Å². The van der Waals surface area contributed by atoms with Crippen molar-refractivity contribution in [1.82, 2.24) is 0 Å². The zero-order valence-corrected chi connectivity index (χ0v) is 14.8. The first-order valence-electron chi connectivity index (χ1n) is 7.07. The van der Waals surface area contributed by atoms with Gasteiger partial charge >= 0.3 is 0 Å². The maximum atomic E-state index is 12.3. The van der Waals surface area contributed by atoms with Gasteiger partial charge in [-0.2, -0.15) is 0 Å². The predicted molar refractivity (Wildman–Crippen MR) is 94.8 cm³/mol. The van der Waals surface area contributed by atoms with E-state index in [4.69, 9.17) is 32.7 Å². The summed E-state index contributed by atoms with van der Waals surface area (Å²) in [6.45, 7) is 1.53. The van der Waals surface area contributed by atoms with Crippen molar-refractivity contribution in [3.63, 3.8) is 0 Å². The lowest BCUT2D eigenvalue weighted by Crippen LogP contribution is -2.30. The van der Waals surface area contributed by atoms with Gasteiger partial charge in [-0.3, -0.25) is 14.9 Å². The van der Waals surface area contributed by atoms with Crippen LogP contribution in [0.4, 0.5) is 11.4 Å². The van der Waals surface area contributed by atoms with E-state index in [1.807, 2.05) is 0 Å². The number of hydrogen-bond acceptors (Lipinski definition) is 5. The second kappa shape index (κ2) is 8.04. The van der Waals surface area contributed by atoms with Crippen molar-refractivity contribution in [3.05, 3.63) is 56.6 Å². The molecule has 0 heterocycles. The molecule has 7 nitrogen and oxygen atoms in total. The van der Waals surface area contributed by atoms with Crippen molar-refractivity contribution in [2.24, 2.45) is 0 Å². The number of carbonyl (C=O) groups is 1. The van der Waals surface area contributed by atoms with Gasteiger partial charge in [-0.1, -0.05) is 23.2 Å². The summed E-state index contributed by atoms with van der Waals surface area (Å²) in [6, 6.07) is 8.51. The van der Waals surface area contributed by atoms with Gasteiger partial charge in [0.25, 0.3) is 11.6 Å². The Hall–Kier alpha value is -2.51. The first-order chi connectivity index (χ1) is 11.8. The topological polar surface area (TPSA) is 90.7 Å². The van der Waals surface area contributed by atoms with Crippen LogP contribution in [0, 0.1) is 10.1 Å². The molecule has 1 atom stereocenters. The largest absolute Gasteiger partial charge is 0.495 e. The van der Waals surface area contributed by atoms with Crippen molar-refractivity contribution in [2.75, 3.05) is 12.4 Å². The van der Waals surface area contributed by atoms with Gasteiger partial charge in [0.1, 0.15) is 11.5 Å². The van der Waals surface area contributed by atoms with E-state index in [-0.39, 0.29) is 11.4 Å². The molecule has 0 aromatic heterocycles. The summed E-state index contributed by atoms with van der Waals surface area (Å²) in [6.07, 6.45) is -0.888.